The van der Waals surface area contributed by atoms with E-state index in [1.54, 1.807) is 0 Å². The van der Waals surface area contributed by atoms with Crippen molar-refractivity contribution in [3.05, 3.63) is 0 Å². The number of hydrogen-bond donors (Lipinski definition) is 1. The van der Waals surface area contributed by atoms with E-state index in [2.05, 4.69) is 20.1 Å². The first-order valence-corrected chi connectivity index (χ1v) is 7.90. The minimum Gasteiger partial charge on any atom is -0.341 e. The maximum absolute atomic E-state index is 12.2. The van der Waals surface area contributed by atoms with Crippen LogP contribution in [0.2, 0.25) is 0 Å². The first-order valence-electron chi connectivity index (χ1n) is 6.61. The van der Waals surface area contributed by atoms with E-state index in [9.17, 15) is 4.79 Å². The standard InChI is InChI=1S/C13H26N2OS/c1-10(2)9-12(14)13(16)15-7-4-5-11(17-3)6-8-15/h10-12H,4-9,14H2,1-3H3/t11?,12-/m0/s1. The molecule has 1 amide bonds. The van der Waals surface area contributed by atoms with Crippen LogP contribution < -0.4 is 5.73 Å². The summed E-state index contributed by atoms with van der Waals surface area (Å²) in [7, 11) is 0. The van der Waals surface area contributed by atoms with Gasteiger partial charge >= 0.3 is 0 Å². The molecular weight excluding hydrogens is 232 g/mol. The number of nitrogens with zero attached hydrogens (tertiary/aromatic N) is 1. The number of carbonyl (C=O) groups excluding carboxylic acids is 1. The van der Waals surface area contributed by atoms with Crippen LogP contribution >= 0.6 is 11.8 Å². The Labute approximate surface area is 109 Å². The summed E-state index contributed by atoms with van der Waals surface area (Å²) in [6.45, 7) is 6.00. The van der Waals surface area contributed by atoms with E-state index < -0.39 is 0 Å². The molecule has 1 saturated heterocycles. The highest BCUT2D eigenvalue weighted by molar-refractivity contribution is 7.99. The highest BCUT2D eigenvalue weighted by Crippen LogP contribution is 2.21. The topological polar surface area (TPSA) is 46.3 Å². The third-order valence-electron chi connectivity index (χ3n) is 3.36. The van der Waals surface area contributed by atoms with Gasteiger partial charge in [-0.3, -0.25) is 4.79 Å². The maximum atomic E-state index is 12.2. The van der Waals surface area contributed by atoms with Gasteiger partial charge in [0.2, 0.25) is 5.91 Å². The van der Waals surface area contributed by atoms with Gasteiger partial charge in [0, 0.05) is 18.3 Å². The van der Waals surface area contributed by atoms with Crippen LogP contribution in [0.3, 0.4) is 0 Å². The quantitative estimate of drug-likeness (QED) is 0.840. The number of nitrogens with two attached hydrogens (primary N) is 1. The molecule has 0 radical (unpaired) electrons. The number of thioether (sulfide) groups is 1. The Bertz CT molecular complexity index is 246. The van der Waals surface area contributed by atoms with Gasteiger partial charge in [-0.25, -0.2) is 0 Å². The molecule has 0 bridgehead atoms. The van der Waals surface area contributed by atoms with Crippen LogP contribution in [-0.2, 0) is 4.79 Å². The van der Waals surface area contributed by atoms with Crippen LogP contribution in [0.5, 0.6) is 0 Å². The zero-order valence-corrected chi connectivity index (χ0v) is 12.1. The molecule has 4 heteroatoms. The second-order valence-corrected chi connectivity index (χ2v) is 6.49. The van der Waals surface area contributed by atoms with E-state index in [0.717, 1.165) is 32.4 Å². The molecule has 0 saturated carbocycles. The fourth-order valence-corrected chi connectivity index (χ4v) is 3.11. The second-order valence-electron chi connectivity index (χ2n) is 5.35. The number of rotatable bonds is 4. The first kappa shape index (κ1) is 14.8. The van der Waals surface area contributed by atoms with E-state index in [4.69, 9.17) is 5.73 Å². The zero-order chi connectivity index (χ0) is 12.8. The fraction of sp³-hybridized carbons (Fsp3) is 0.923. The zero-order valence-electron chi connectivity index (χ0n) is 11.3. The van der Waals surface area contributed by atoms with Gasteiger partial charge in [-0.05, 0) is 37.9 Å². The van der Waals surface area contributed by atoms with Gasteiger partial charge in [0.15, 0.2) is 0 Å². The molecule has 100 valence electrons. The van der Waals surface area contributed by atoms with Crippen molar-refractivity contribution in [3.8, 4) is 0 Å². The average Bonchev–Trinajstić information content (AvgIpc) is 2.52. The molecule has 2 atom stereocenters. The number of amides is 1. The van der Waals surface area contributed by atoms with Crippen molar-refractivity contribution in [2.45, 2.75) is 50.8 Å². The summed E-state index contributed by atoms with van der Waals surface area (Å²) in [5, 5.41) is 0.717. The SMILES string of the molecule is CSC1CCCN(C(=O)[C@@H](N)CC(C)C)CC1. The molecule has 0 spiro atoms. The molecule has 2 N–H and O–H groups in total. The molecule has 1 heterocycles. The lowest BCUT2D eigenvalue weighted by molar-refractivity contribution is -0.132. The molecule has 0 aromatic rings. The van der Waals surface area contributed by atoms with Crippen molar-refractivity contribution >= 4 is 17.7 Å². The summed E-state index contributed by atoms with van der Waals surface area (Å²) in [5.74, 6) is 0.639. The van der Waals surface area contributed by atoms with E-state index in [1.807, 2.05) is 16.7 Å². The highest BCUT2D eigenvalue weighted by Gasteiger charge is 2.24. The molecule has 1 rings (SSSR count). The summed E-state index contributed by atoms with van der Waals surface area (Å²) in [5.41, 5.74) is 5.97. The number of hydrogen-bond acceptors (Lipinski definition) is 3. The van der Waals surface area contributed by atoms with E-state index in [0.29, 0.717) is 11.2 Å². The second kappa shape index (κ2) is 7.27. The van der Waals surface area contributed by atoms with Gasteiger partial charge in [-0.15, -0.1) is 0 Å². The van der Waals surface area contributed by atoms with Gasteiger partial charge in [-0.1, -0.05) is 13.8 Å². The van der Waals surface area contributed by atoms with Crippen molar-refractivity contribution in [2.75, 3.05) is 19.3 Å². The summed E-state index contributed by atoms with van der Waals surface area (Å²) < 4.78 is 0. The van der Waals surface area contributed by atoms with Crippen molar-refractivity contribution in [1.82, 2.24) is 4.90 Å². The Morgan fingerprint density at radius 2 is 2.12 bits per heavy atom. The summed E-state index contributed by atoms with van der Waals surface area (Å²) >= 11 is 1.92. The van der Waals surface area contributed by atoms with Gasteiger partial charge in [-0.2, -0.15) is 11.8 Å². The van der Waals surface area contributed by atoms with Crippen molar-refractivity contribution in [1.29, 1.82) is 0 Å². The molecule has 1 fully saturated rings. The number of carbonyl (C=O) groups is 1. The summed E-state index contributed by atoms with van der Waals surface area (Å²) in [4.78, 5) is 14.2. The van der Waals surface area contributed by atoms with E-state index in [-0.39, 0.29) is 11.9 Å². The molecule has 0 aromatic heterocycles. The molecule has 0 aromatic carbocycles. The van der Waals surface area contributed by atoms with Crippen LogP contribution in [0.4, 0.5) is 0 Å². The van der Waals surface area contributed by atoms with Crippen LogP contribution in [0.25, 0.3) is 0 Å². The van der Waals surface area contributed by atoms with Gasteiger partial charge in [0.25, 0.3) is 0 Å². The largest absolute Gasteiger partial charge is 0.341 e. The molecule has 1 aliphatic heterocycles. The third kappa shape index (κ3) is 4.88. The van der Waals surface area contributed by atoms with Crippen LogP contribution in [0.15, 0.2) is 0 Å². The minimum atomic E-state index is -0.305. The predicted molar refractivity (Wildman–Crippen MR) is 75.2 cm³/mol. The Morgan fingerprint density at radius 1 is 1.41 bits per heavy atom. The highest BCUT2D eigenvalue weighted by atomic mass is 32.2. The van der Waals surface area contributed by atoms with E-state index >= 15 is 0 Å². The molecule has 3 nitrogen and oxygen atoms in total. The van der Waals surface area contributed by atoms with Crippen molar-refractivity contribution in [3.63, 3.8) is 0 Å². The summed E-state index contributed by atoms with van der Waals surface area (Å²) in [6.07, 6.45) is 6.41. The van der Waals surface area contributed by atoms with Crippen molar-refractivity contribution in [2.24, 2.45) is 11.7 Å². The lowest BCUT2D eigenvalue weighted by Crippen LogP contribution is -2.44. The Morgan fingerprint density at radius 3 is 2.71 bits per heavy atom. The maximum Gasteiger partial charge on any atom is 0.239 e. The monoisotopic (exact) mass is 258 g/mol. The molecular formula is C13H26N2OS. The lowest BCUT2D eigenvalue weighted by atomic mass is 10.0. The van der Waals surface area contributed by atoms with Crippen molar-refractivity contribution < 1.29 is 4.79 Å². The number of likely N-dealkylation sites (tertiary alicyclic amines) is 1. The van der Waals surface area contributed by atoms with E-state index in [1.165, 1.54) is 6.42 Å². The smallest absolute Gasteiger partial charge is 0.239 e. The fourth-order valence-electron chi connectivity index (χ4n) is 2.37. The summed E-state index contributed by atoms with van der Waals surface area (Å²) in [6, 6.07) is -0.305. The molecule has 17 heavy (non-hydrogen) atoms. The van der Waals surface area contributed by atoms with Crippen LogP contribution in [0, 0.1) is 5.92 Å². The molecule has 0 aliphatic carbocycles. The molecule has 1 aliphatic rings. The van der Waals surface area contributed by atoms with Crippen LogP contribution in [0.1, 0.15) is 39.5 Å². The predicted octanol–water partition coefficient (Wildman–Crippen LogP) is 2.10. The Hall–Kier alpha value is -0.220. The lowest BCUT2D eigenvalue weighted by Gasteiger charge is -2.25. The van der Waals surface area contributed by atoms with Gasteiger partial charge in [0.1, 0.15) is 0 Å². The first-order chi connectivity index (χ1) is 8.04. The Kier molecular flexibility index (Phi) is 6.34. The van der Waals surface area contributed by atoms with Gasteiger partial charge < -0.3 is 10.6 Å². The Balaban J connectivity index is 2.46. The average molecular weight is 258 g/mol. The third-order valence-corrected chi connectivity index (χ3v) is 4.50. The normalized spacial score (nSPS) is 23.6. The van der Waals surface area contributed by atoms with Gasteiger partial charge in [0.05, 0.1) is 6.04 Å². The van der Waals surface area contributed by atoms with Crippen LogP contribution in [-0.4, -0.2) is 41.4 Å². The minimum absolute atomic E-state index is 0.153. The molecule has 1 unspecified atom stereocenters.